The van der Waals surface area contributed by atoms with Crippen molar-refractivity contribution in [1.82, 2.24) is 15.2 Å². The van der Waals surface area contributed by atoms with E-state index >= 15 is 0 Å². The van der Waals surface area contributed by atoms with Crippen molar-refractivity contribution in [3.05, 3.63) is 53.2 Å². The Hall–Kier alpha value is -2.60. The number of amides is 1. The predicted molar refractivity (Wildman–Crippen MR) is 119 cm³/mol. The van der Waals surface area contributed by atoms with Crippen LogP contribution in [0.3, 0.4) is 0 Å². The summed E-state index contributed by atoms with van der Waals surface area (Å²) in [6.07, 6.45) is 4.51. The van der Waals surface area contributed by atoms with E-state index in [1.54, 1.807) is 18.3 Å². The molecule has 1 aliphatic carbocycles. The third-order valence-corrected chi connectivity index (χ3v) is 6.00. The van der Waals surface area contributed by atoms with Crippen molar-refractivity contribution in [3.63, 3.8) is 0 Å². The number of pyridine rings is 1. The molecule has 0 radical (unpaired) electrons. The molecule has 0 spiro atoms. The molecule has 0 saturated carbocycles. The van der Waals surface area contributed by atoms with Crippen LogP contribution in [0.5, 0.6) is 5.88 Å². The van der Waals surface area contributed by atoms with Crippen LogP contribution in [0.2, 0.25) is 0 Å². The molecule has 2 heterocycles. The second-order valence-electron chi connectivity index (χ2n) is 8.67. The molecular weight excluding hydrogens is 376 g/mol. The van der Waals surface area contributed by atoms with Gasteiger partial charge in [-0.05, 0) is 63.4 Å². The number of ether oxygens (including phenoxy) is 1. The van der Waals surface area contributed by atoms with Gasteiger partial charge in [-0.1, -0.05) is 12.1 Å². The lowest BCUT2D eigenvalue weighted by atomic mass is 9.86. The van der Waals surface area contributed by atoms with Crippen molar-refractivity contribution in [2.45, 2.75) is 45.3 Å². The summed E-state index contributed by atoms with van der Waals surface area (Å²) >= 11 is 0. The number of aryl methyl sites for hydroxylation is 1. The van der Waals surface area contributed by atoms with Crippen molar-refractivity contribution >= 4 is 11.6 Å². The van der Waals surface area contributed by atoms with E-state index in [1.165, 1.54) is 16.8 Å². The number of rotatable bonds is 5. The summed E-state index contributed by atoms with van der Waals surface area (Å²) in [5.74, 6) is 0.481. The first kappa shape index (κ1) is 20.7. The van der Waals surface area contributed by atoms with E-state index in [1.807, 2.05) is 13.8 Å². The molecule has 1 fully saturated rings. The molecule has 160 valence electrons. The van der Waals surface area contributed by atoms with Gasteiger partial charge in [-0.2, -0.15) is 0 Å². The van der Waals surface area contributed by atoms with Gasteiger partial charge >= 0.3 is 0 Å². The molecule has 0 bridgehead atoms. The zero-order chi connectivity index (χ0) is 21.1. The Balaban J connectivity index is 1.43. The first-order valence-corrected chi connectivity index (χ1v) is 11.0. The number of hydrogen-bond donors (Lipinski definition) is 1. The maximum absolute atomic E-state index is 12.8. The van der Waals surface area contributed by atoms with Gasteiger partial charge in [-0.25, -0.2) is 4.98 Å². The molecular formula is C24H32N4O2. The number of fused-ring (bicyclic) bond motifs is 1. The van der Waals surface area contributed by atoms with E-state index in [0.717, 1.165) is 45.4 Å². The predicted octanol–water partition coefficient (Wildman–Crippen LogP) is 2.91. The zero-order valence-corrected chi connectivity index (χ0v) is 18.2. The number of carbonyl (C=O) groups excluding carboxylic acids is 1. The highest BCUT2D eigenvalue weighted by Gasteiger charge is 2.25. The molecule has 1 atom stereocenters. The largest absolute Gasteiger partial charge is 0.475 e. The number of anilines is 1. The minimum atomic E-state index is -0.0656. The number of nitrogens with zero attached hydrogens (tertiary/aromatic N) is 3. The Bertz CT molecular complexity index is 873. The van der Waals surface area contributed by atoms with Crippen molar-refractivity contribution < 1.29 is 9.53 Å². The van der Waals surface area contributed by atoms with Crippen LogP contribution < -0.4 is 15.0 Å². The lowest BCUT2D eigenvalue weighted by molar-refractivity contribution is 0.0933. The lowest BCUT2D eigenvalue weighted by Gasteiger charge is -2.37. The van der Waals surface area contributed by atoms with Crippen LogP contribution in [0.4, 0.5) is 5.69 Å². The molecule has 1 amide bonds. The van der Waals surface area contributed by atoms with Gasteiger partial charge < -0.3 is 19.9 Å². The molecule has 6 nitrogen and oxygen atoms in total. The smallest absolute Gasteiger partial charge is 0.253 e. The minimum absolute atomic E-state index is 0.0639. The number of likely N-dealkylation sites (N-methyl/N-ethyl adjacent to an activating group) is 1. The molecule has 6 heteroatoms. The molecule has 1 N–H and O–H groups in total. The van der Waals surface area contributed by atoms with Gasteiger partial charge in [0.05, 0.1) is 11.7 Å². The molecule has 2 aliphatic rings. The van der Waals surface area contributed by atoms with Gasteiger partial charge in [0, 0.05) is 50.2 Å². The average Bonchev–Trinajstić information content (AvgIpc) is 2.74. The van der Waals surface area contributed by atoms with Gasteiger partial charge in [0.25, 0.3) is 5.91 Å². The molecule has 1 unspecified atom stereocenters. The third-order valence-electron chi connectivity index (χ3n) is 6.00. The highest BCUT2D eigenvalue weighted by molar-refractivity contribution is 5.94. The fourth-order valence-corrected chi connectivity index (χ4v) is 4.33. The number of piperazine rings is 1. The third kappa shape index (κ3) is 4.75. The average molecular weight is 409 g/mol. The van der Waals surface area contributed by atoms with Crippen molar-refractivity contribution in [3.8, 4) is 5.88 Å². The Morgan fingerprint density at radius 2 is 1.97 bits per heavy atom. The van der Waals surface area contributed by atoms with Crippen LogP contribution in [0, 0.1) is 0 Å². The summed E-state index contributed by atoms with van der Waals surface area (Å²) in [6.45, 7) is 8.21. The molecule has 30 heavy (non-hydrogen) atoms. The van der Waals surface area contributed by atoms with E-state index in [2.05, 4.69) is 45.3 Å². The second-order valence-corrected chi connectivity index (χ2v) is 8.67. The number of hydrogen-bond acceptors (Lipinski definition) is 5. The quantitative estimate of drug-likeness (QED) is 0.824. The van der Waals surface area contributed by atoms with Gasteiger partial charge in [0.2, 0.25) is 5.88 Å². The molecule has 1 saturated heterocycles. The Morgan fingerprint density at radius 1 is 1.17 bits per heavy atom. The normalized spacial score (nSPS) is 19.5. The maximum atomic E-state index is 12.8. The summed E-state index contributed by atoms with van der Waals surface area (Å²) in [7, 11) is 2.18. The Kier molecular flexibility index (Phi) is 6.23. The summed E-state index contributed by atoms with van der Waals surface area (Å²) in [6, 6.07) is 10.3. The maximum Gasteiger partial charge on any atom is 0.253 e. The summed E-state index contributed by atoms with van der Waals surface area (Å²) in [5, 5.41) is 3.23. The van der Waals surface area contributed by atoms with Gasteiger partial charge in [-0.15, -0.1) is 0 Å². The standard InChI is InChI=1S/C24H32N4O2/c1-17(2)30-23-10-8-19(16-25-23)24(29)26-20-9-7-18-5-4-6-22(21(18)15-20)28-13-11-27(3)12-14-28/h4-6,8,10,16-17,20H,7,9,11-15H2,1-3H3,(H,26,29). The monoisotopic (exact) mass is 408 g/mol. The van der Waals surface area contributed by atoms with Crippen LogP contribution in [0.15, 0.2) is 36.5 Å². The lowest BCUT2D eigenvalue weighted by Crippen LogP contribution is -2.45. The highest BCUT2D eigenvalue weighted by Crippen LogP contribution is 2.31. The zero-order valence-electron chi connectivity index (χ0n) is 18.2. The van der Waals surface area contributed by atoms with Gasteiger partial charge in [-0.3, -0.25) is 4.79 Å². The number of carbonyl (C=O) groups is 1. The number of benzene rings is 1. The number of nitrogens with one attached hydrogen (secondary N) is 1. The first-order valence-electron chi connectivity index (χ1n) is 11.0. The summed E-state index contributed by atoms with van der Waals surface area (Å²) in [5.41, 5.74) is 4.74. The van der Waals surface area contributed by atoms with Crippen LogP contribution in [0.1, 0.15) is 41.8 Å². The molecule has 4 rings (SSSR count). The van der Waals surface area contributed by atoms with E-state index in [-0.39, 0.29) is 18.1 Å². The van der Waals surface area contributed by atoms with Crippen LogP contribution in [-0.2, 0) is 12.8 Å². The Labute approximate surface area is 179 Å². The van der Waals surface area contributed by atoms with Crippen molar-refractivity contribution in [2.24, 2.45) is 0 Å². The van der Waals surface area contributed by atoms with Crippen LogP contribution in [0.25, 0.3) is 0 Å². The van der Waals surface area contributed by atoms with Gasteiger partial charge in [0.15, 0.2) is 0 Å². The highest BCUT2D eigenvalue weighted by atomic mass is 16.5. The fourth-order valence-electron chi connectivity index (χ4n) is 4.33. The molecule has 1 aromatic carbocycles. The summed E-state index contributed by atoms with van der Waals surface area (Å²) in [4.78, 5) is 21.9. The Morgan fingerprint density at radius 3 is 2.67 bits per heavy atom. The molecule has 1 aliphatic heterocycles. The van der Waals surface area contributed by atoms with Crippen molar-refractivity contribution in [1.29, 1.82) is 0 Å². The van der Waals surface area contributed by atoms with Crippen LogP contribution >= 0.6 is 0 Å². The fraction of sp³-hybridized carbons (Fsp3) is 0.500. The summed E-state index contributed by atoms with van der Waals surface area (Å²) < 4.78 is 5.56. The molecule has 2 aromatic rings. The van der Waals surface area contributed by atoms with E-state index in [4.69, 9.17) is 4.74 Å². The van der Waals surface area contributed by atoms with Crippen LogP contribution in [-0.4, -0.2) is 61.2 Å². The number of aromatic nitrogens is 1. The van der Waals surface area contributed by atoms with E-state index in [0.29, 0.717) is 11.4 Å². The van der Waals surface area contributed by atoms with Crippen molar-refractivity contribution in [2.75, 3.05) is 38.1 Å². The van der Waals surface area contributed by atoms with Gasteiger partial charge in [0.1, 0.15) is 0 Å². The van der Waals surface area contributed by atoms with E-state index < -0.39 is 0 Å². The minimum Gasteiger partial charge on any atom is -0.475 e. The first-order chi connectivity index (χ1) is 14.5. The molecule has 1 aromatic heterocycles. The van der Waals surface area contributed by atoms with E-state index in [9.17, 15) is 4.79 Å². The second kappa shape index (κ2) is 9.04. The topological polar surface area (TPSA) is 57.7 Å². The SMILES string of the molecule is CC(C)Oc1ccc(C(=O)NC2CCc3cccc(N4CCN(C)CC4)c3C2)cn1.